The monoisotopic (exact) mass is 565 g/mol. The van der Waals surface area contributed by atoms with Crippen molar-refractivity contribution in [3.63, 3.8) is 0 Å². The Kier molecular flexibility index (Phi) is 8.39. The lowest BCUT2D eigenvalue weighted by atomic mass is 10.0. The third-order valence-electron chi connectivity index (χ3n) is 7.48. The van der Waals surface area contributed by atoms with E-state index in [0.717, 1.165) is 36.2 Å². The largest absolute Gasteiger partial charge is 0.494 e. The van der Waals surface area contributed by atoms with Crippen molar-refractivity contribution < 1.29 is 27.0 Å². The summed E-state index contributed by atoms with van der Waals surface area (Å²) < 4.78 is 66.0. The number of halogens is 4. The minimum atomic E-state index is -4.42. The second-order valence-corrected chi connectivity index (χ2v) is 10.2. The van der Waals surface area contributed by atoms with Crippen LogP contribution in [0.3, 0.4) is 0 Å². The van der Waals surface area contributed by atoms with E-state index < -0.39 is 11.7 Å². The summed E-state index contributed by atoms with van der Waals surface area (Å²) >= 11 is 0. The lowest BCUT2D eigenvalue weighted by Gasteiger charge is -2.34. The fourth-order valence-electron chi connectivity index (χ4n) is 5.42. The molecule has 0 spiro atoms. The number of ether oxygens (including phenoxy) is 2. The average Bonchev–Trinajstić information content (AvgIpc) is 3.39. The quantitative estimate of drug-likeness (QED) is 0.265. The van der Waals surface area contributed by atoms with E-state index in [2.05, 4.69) is 6.07 Å². The zero-order valence-electron chi connectivity index (χ0n) is 22.7. The smallest absolute Gasteiger partial charge is 0.416 e. The molecule has 1 saturated heterocycles. The summed E-state index contributed by atoms with van der Waals surface area (Å²) in [7, 11) is 0. The van der Waals surface area contributed by atoms with Gasteiger partial charge in [-0.15, -0.1) is 0 Å². The number of alkyl halides is 3. The van der Waals surface area contributed by atoms with Crippen LogP contribution in [-0.4, -0.2) is 38.4 Å². The summed E-state index contributed by atoms with van der Waals surface area (Å²) in [6.45, 7) is 4.12. The molecule has 214 valence electrons. The Bertz CT molecular complexity index is 1420. The highest BCUT2D eigenvalue weighted by Gasteiger charge is 2.32. The maximum atomic E-state index is 14.5. The van der Waals surface area contributed by atoms with Gasteiger partial charge in [-0.05, 0) is 66.6 Å². The van der Waals surface area contributed by atoms with Gasteiger partial charge in [-0.25, -0.2) is 4.39 Å². The van der Waals surface area contributed by atoms with Crippen LogP contribution < -0.4 is 19.3 Å². The van der Waals surface area contributed by atoms with E-state index >= 15 is 0 Å². The summed E-state index contributed by atoms with van der Waals surface area (Å²) in [6, 6.07) is 19.6. The molecular formula is C32H31F4N3O2. The summed E-state index contributed by atoms with van der Waals surface area (Å²) in [4.78, 5) is 4.03. The van der Waals surface area contributed by atoms with Crippen LogP contribution in [0.25, 0.3) is 5.57 Å². The molecule has 1 atom stereocenters. The molecule has 0 amide bonds. The summed E-state index contributed by atoms with van der Waals surface area (Å²) in [6.07, 6.45) is -0.862. The van der Waals surface area contributed by atoms with Crippen molar-refractivity contribution in [2.24, 2.45) is 0 Å². The summed E-state index contributed by atoms with van der Waals surface area (Å²) in [5.74, 6) is 1.08. The molecule has 0 saturated carbocycles. The van der Waals surface area contributed by atoms with E-state index in [0.29, 0.717) is 49.0 Å². The topological polar surface area (TPSA) is 48.7 Å². The average molecular weight is 566 g/mol. The molecule has 41 heavy (non-hydrogen) atoms. The molecule has 5 nitrogen and oxygen atoms in total. The zero-order chi connectivity index (χ0) is 29.0. The van der Waals surface area contributed by atoms with Gasteiger partial charge in [0.25, 0.3) is 0 Å². The zero-order valence-corrected chi connectivity index (χ0v) is 22.7. The number of nitriles is 1. The molecule has 1 fully saturated rings. The number of hydrogen-bond donors (Lipinski definition) is 0. The lowest BCUT2D eigenvalue weighted by Crippen LogP contribution is -2.38. The molecular weight excluding hydrogens is 534 g/mol. The second-order valence-electron chi connectivity index (χ2n) is 10.2. The van der Waals surface area contributed by atoms with Gasteiger partial charge in [-0.1, -0.05) is 18.2 Å². The number of rotatable bonds is 8. The fourth-order valence-corrected chi connectivity index (χ4v) is 5.42. The Morgan fingerprint density at radius 2 is 1.71 bits per heavy atom. The first-order chi connectivity index (χ1) is 19.7. The predicted molar refractivity (Wildman–Crippen MR) is 151 cm³/mol. The van der Waals surface area contributed by atoms with Gasteiger partial charge in [0.2, 0.25) is 0 Å². The molecule has 3 aromatic rings. The third-order valence-corrected chi connectivity index (χ3v) is 7.48. The molecule has 2 heterocycles. The fraction of sp³-hybridized carbons (Fsp3) is 0.344. The first-order valence-corrected chi connectivity index (χ1v) is 13.7. The van der Waals surface area contributed by atoms with Gasteiger partial charge in [0.15, 0.2) is 0 Å². The van der Waals surface area contributed by atoms with Crippen LogP contribution in [0, 0.1) is 17.1 Å². The van der Waals surface area contributed by atoms with Crippen LogP contribution in [-0.2, 0) is 6.18 Å². The molecule has 9 heteroatoms. The highest BCUT2D eigenvalue weighted by Crippen LogP contribution is 2.36. The molecule has 0 N–H and O–H groups in total. The summed E-state index contributed by atoms with van der Waals surface area (Å²) in [5, 5.41) is 9.36. The first-order valence-electron chi connectivity index (χ1n) is 13.7. The second kappa shape index (κ2) is 12.1. The molecule has 0 aliphatic carbocycles. The first kappa shape index (κ1) is 28.3. The van der Waals surface area contributed by atoms with E-state index in [-0.39, 0.29) is 24.4 Å². The van der Waals surface area contributed by atoms with Crippen molar-refractivity contribution in [2.75, 3.05) is 36.0 Å². The van der Waals surface area contributed by atoms with E-state index in [1.54, 1.807) is 18.2 Å². The highest BCUT2D eigenvalue weighted by atomic mass is 19.4. The van der Waals surface area contributed by atoms with Crippen LogP contribution in [0.2, 0.25) is 0 Å². The molecule has 0 unspecified atom stereocenters. The maximum Gasteiger partial charge on any atom is 0.416 e. The normalized spacial score (nSPS) is 17.8. The van der Waals surface area contributed by atoms with E-state index in [1.165, 1.54) is 12.1 Å². The van der Waals surface area contributed by atoms with Crippen LogP contribution in [0.15, 0.2) is 72.8 Å². The molecule has 3 aromatic carbocycles. The van der Waals surface area contributed by atoms with Crippen molar-refractivity contribution in [3.8, 4) is 17.6 Å². The minimum absolute atomic E-state index is 0.0115. The summed E-state index contributed by atoms with van der Waals surface area (Å²) in [5.41, 5.74) is 1.96. The van der Waals surface area contributed by atoms with Crippen LogP contribution in [0.4, 0.5) is 28.9 Å². The van der Waals surface area contributed by atoms with E-state index in [9.17, 15) is 22.8 Å². The van der Waals surface area contributed by atoms with Gasteiger partial charge in [0, 0.05) is 44.2 Å². The molecule has 0 bridgehead atoms. The van der Waals surface area contributed by atoms with E-state index in [4.69, 9.17) is 9.47 Å². The van der Waals surface area contributed by atoms with Gasteiger partial charge < -0.3 is 19.3 Å². The standard InChI is InChI=1S/C32H31F4N3O2/c1-2-40-29-10-11-30(33)31(20-29)38-16-13-28(14-17-38)41-27-8-6-25(7-9-27)39-21-23(19-26(39)12-15-37)22-4-3-5-24(18-22)32(34,35)36/h3-11,18-20,26,28H,2,12-14,16-17,21H2,1H3/t26-/m0/s1. The van der Waals surface area contributed by atoms with Gasteiger partial charge in [-0.3, -0.25) is 0 Å². The predicted octanol–water partition coefficient (Wildman–Crippen LogP) is 7.48. The van der Waals surface area contributed by atoms with Gasteiger partial charge in [-0.2, -0.15) is 18.4 Å². The van der Waals surface area contributed by atoms with Crippen LogP contribution >= 0.6 is 0 Å². The van der Waals surface area contributed by atoms with Gasteiger partial charge in [0.05, 0.1) is 36.4 Å². The SMILES string of the molecule is CCOc1ccc(F)c(N2CCC(Oc3ccc(N4CC(c5cccc(C(F)(F)F)c5)=C[C@@H]4CC#N)cc3)CC2)c1. The van der Waals surface area contributed by atoms with Gasteiger partial charge >= 0.3 is 6.18 Å². The number of nitrogens with zero attached hydrogens (tertiary/aromatic N) is 3. The number of benzene rings is 3. The van der Waals surface area contributed by atoms with Crippen molar-refractivity contribution in [1.29, 1.82) is 5.26 Å². The Balaban J connectivity index is 1.21. The van der Waals surface area contributed by atoms with Crippen LogP contribution in [0.5, 0.6) is 11.5 Å². The number of anilines is 2. The molecule has 5 rings (SSSR count). The van der Waals surface area contributed by atoms with Crippen molar-refractivity contribution in [1.82, 2.24) is 0 Å². The molecule has 0 aromatic heterocycles. The Morgan fingerprint density at radius 1 is 0.976 bits per heavy atom. The van der Waals surface area contributed by atoms with Gasteiger partial charge in [0.1, 0.15) is 23.4 Å². The molecule has 2 aliphatic heterocycles. The molecule has 0 radical (unpaired) electrons. The Hall–Kier alpha value is -4.19. The van der Waals surface area contributed by atoms with Crippen molar-refractivity contribution >= 4 is 16.9 Å². The van der Waals surface area contributed by atoms with Crippen molar-refractivity contribution in [2.45, 2.75) is 44.5 Å². The Morgan fingerprint density at radius 3 is 2.39 bits per heavy atom. The van der Waals surface area contributed by atoms with Crippen LogP contribution in [0.1, 0.15) is 37.3 Å². The Labute approximate surface area is 237 Å². The van der Waals surface area contributed by atoms with Crippen molar-refractivity contribution in [3.05, 3.63) is 89.8 Å². The maximum absolute atomic E-state index is 14.5. The minimum Gasteiger partial charge on any atom is -0.494 e. The number of piperidine rings is 1. The molecule has 2 aliphatic rings. The van der Waals surface area contributed by atoms with E-state index in [1.807, 2.05) is 47.1 Å². The lowest BCUT2D eigenvalue weighted by molar-refractivity contribution is -0.137. The highest BCUT2D eigenvalue weighted by molar-refractivity contribution is 5.76. The third kappa shape index (κ3) is 6.59. The number of hydrogen-bond acceptors (Lipinski definition) is 5.